The molecule has 1 aliphatic rings. The zero-order valence-corrected chi connectivity index (χ0v) is 10.6. The average Bonchev–Trinajstić information content (AvgIpc) is 2.60. The van der Waals surface area contributed by atoms with Gasteiger partial charge in [0.15, 0.2) is 0 Å². The quantitative estimate of drug-likeness (QED) is 0.743. The molecular weight excluding hydrogens is 204 g/mol. The van der Waals surface area contributed by atoms with Crippen molar-refractivity contribution in [1.82, 2.24) is 9.80 Å². The van der Waals surface area contributed by atoms with Gasteiger partial charge in [0.05, 0.1) is 0 Å². The molecule has 1 fully saturated rings. The first-order valence-electron chi connectivity index (χ1n) is 6.19. The van der Waals surface area contributed by atoms with Crippen molar-refractivity contribution in [2.75, 3.05) is 27.2 Å². The van der Waals surface area contributed by atoms with Crippen molar-refractivity contribution in [3.05, 3.63) is 0 Å². The second kappa shape index (κ2) is 6.21. The van der Waals surface area contributed by atoms with Gasteiger partial charge in [0.25, 0.3) is 0 Å². The molecule has 0 aromatic carbocycles. The lowest BCUT2D eigenvalue weighted by atomic mass is 10.1. The fourth-order valence-electron chi connectivity index (χ4n) is 2.48. The van der Waals surface area contributed by atoms with Gasteiger partial charge in [-0.2, -0.15) is 0 Å². The van der Waals surface area contributed by atoms with Gasteiger partial charge in [-0.25, -0.2) is 0 Å². The van der Waals surface area contributed by atoms with E-state index < -0.39 is 5.97 Å². The Labute approximate surface area is 98.2 Å². The van der Waals surface area contributed by atoms with Crippen molar-refractivity contribution in [3.63, 3.8) is 0 Å². The van der Waals surface area contributed by atoms with Crippen LogP contribution in [0.2, 0.25) is 0 Å². The van der Waals surface area contributed by atoms with Crippen molar-refractivity contribution in [3.8, 4) is 0 Å². The predicted molar refractivity (Wildman–Crippen MR) is 64.6 cm³/mol. The molecule has 0 aliphatic carbocycles. The van der Waals surface area contributed by atoms with Crippen LogP contribution in [-0.2, 0) is 4.79 Å². The number of nitrogens with zero attached hydrogens (tertiary/aromatic N) is 2. The van der Waals surface area contributed by atoms with Gasteiger partial charge in [0.2, 0.25) is 0 Å². The summed E-state index contributed by atoms with van der Waals surface area (Å²) in [7, 11) is 4.06. The van der Waals surface area contributed by atoms with Gasteiger partial charge in [-0.05, 0) is 39.9 Å². The SMILES string of the molecule is CCCC(C(=O)O)N(C)CC1CCCN1C. The van der Waals surface area contributed by atoms with Gasteiger partial charge in [-0.3, -0.25) is 9.69 Å². The fourth-order valence-corrected chi connectivity index (χ4v) is 2.48. The van der Waals surface area contributed by atoms with Crippen LogP contribution in [0, 0.1) is 0 Å². The average molecular weight is 228 g/mol. The highest BCUT2D eigenvalue weighted by molar-refractivity contribution is 5.73. The second-order valence-corrected chi connectivity index (χ2v) is 4.86. The molecule has 0 aromatic rings. The van der Waals surface area contributed by atoms with Crippen molar-refractivity contribution < 1.29 is 9.90 Å². The molecule has 1 heterocycles. The summed E-state index contributed by atoms with van der Waals surface area (Å²) in [4.78, 5) is 15.5. The molecule has 0 spiro atoms. The standard InChI is InChI=1S/C12H24N2O2/c1-4-6-11(12(15)16)14(3)9-10-7-5-8-13(10)2/h10-11H,4-9H2,1-3H3,(H,15,16). The highest BCUT2D eigenvalue weighted by Crippen LogP contribution is 2.17. The maximum absolute atomic E-state index is 11.1. The molecule has 0 aromatic heterocycles. The number of rotatable bonds is 6. The van der Waals surface area contributed by atoms with Crippen LogP contribution < -0.4 is 0 Å². The van der Waals surface area contributed by atoms with E-state index in [0.717, 1.165) is 25.9 Å². The Hall–Kier alpha value is -0.610. The summed E-state index contributed by atoms with van der Waals surface area (Å²) in [5.74, 6) is -0.690. The van der Waals surface area contributed by atoms with Gasteiger partial charge in [-0.1, -0.05) is 13.3 Å². The molecule has 0 amide bonds. The lowest BCUT2D eigenvalue weighted by Gasteiger charge is -2.29. The zero-order valence-electron chi connectivity index (χ0n) is 10.6. The first-order chi connectivity index (χ1) is 7.56. The Bertz CT molecular complexity index is 233. The van der Waals surface area contributed by atoms with Crippen molar-refractivity contribution in [1.29, 1.82) is 0 Å². The number of likely N-dealkylation sites (tertiary alicyclic amines) is 1. The largest absolute Gasteiger partial charge is 0.480 e. The third kappa shape index (κ3) is 3.46. The number of likely N-dealkylation sites (N-methyl/N-ethyl adjacent to an activating group) is 2. The lowest BCUT2D eigenvalue weighted by Crippen LogP contribution is -2.45. The Morgan fingerprint density at radius 1 is 1.62 bits per heavy atom. The highest BCUT2D eigenvalue weighted by Gasteiger charge is 2.27. The molecular formula is C12H24N2O2. The first-order valence-corrected chi connectivity index (χ1v) is 6.19. The molecule has 1 N–H and O–H groups in total. The molecule has 2 unspecified atom stereocenters. The van der Waals surface area contributed by atoms with Gasteiger partial charge >= 0.3 is 5.97 Å². The van der Waals surface area contributed by atoms with Gasteiger partial charge in [0, 0.05) is 12.6 Å². The molecule has 4 nitrogen and oxygen atoms in total. The summed E-state index contributed by atoms with van der Waals surface area (Å²) in [6, 6.07) is 0.211. The van der Waals surface area contributed by atoms with Crippen molar-refractivity contribution in [2.45, 2.75) is 44.7 Å². The van der Waals surface area contributed by atoms with Crippen LogP contribution in [0.25, 0.3) is 0 Å². The van der Waals surface area contributed by atoms with E-state index in [1.807, 2.05) is 18.9 Å². The fraction of sp³-hybridized carbons (Fsp3) is 0.917. The number of aliphatic carboxylic acids is 1. The van der Waals surface area contributed by atoms with Crippen LogP contribution in [0.4, 0.5) is 0 Å². The number of carboxylic acids is 1. The Kier molecular flexibility index (Phi) is 5.22. The molecule has 2 atom stereocenters. The van der Waals surface area contributed by atoms with E-state index >= 15 is 0 Å². The van der Waals surface area contributed by atoms with Crippen LogP contribution in [0.15, 0.2) is 0 Å². The van der Waals surface area contributed by atoms with E-state index in [2.05, 4.69) is 11.9 Å². The smallest absolute Gasteiger partial charge is 0.320 e. The summed E-state index contributed by atoms with van der Waals surface area (Å²) in [6.45, 7) is 4.04. The van der Waals surface area contributed by atoms with Gasteiger partial charge < -0.3 is 10.0 Å². The summed E-state index contributed by atoms with van der Waals surface area (Å²) in [5.41, 5.74) is 0. The normalized spacial score (nSPS) is 23.9. The van der Waals surface area contributed by atoms with E-state index in [1.165, 1.54) is 12.8 Å². The Morgan fingerprint density at radius 2 is 2.31 bits per heavy atom. The van der Waals surface area contributed by atoms with E-state index in [-0.39, 0.29) is 6.04 Å². The van der Waals surface area contributed by atoms with E-state index in [9.17, 15) is 4.79 Å². The lowest BCUT2D eigenvalue weighted by molar-refractivity contribution is -0.143. The zero-order chi connectivity index (χ0) is 12.1. The van der Waals surface area contributed by atoms with Crippen molar-refractivity contribution in [2.24, 2.45) is 0 Å². The highest BCUT2D eigenvalue weighted by atomic mass is 16.4. The Balaban J connectivity index is 2.47. The topological polar surface area (TPSA) is 43.8 Å². The Morgan fingerprint density at radius 3 is 2.75 bits per heavy atom. The van der Waals surface area contributed by atoms with E-state index in [1.54, 1.807) is 0 Å². The van der Waals surface area contributed by atoms with Crippen LogP contribution in [0.3, 0.4) is 0 Å². The molecule has 0 saturated carbocycles. The van der Waals surface area contributed by atoms with Gasteiger partial charge in [-0.15, -0.1) is 0 Å². The number of carbonyl (C=O) groups is 1. The summed E-state index contributed by atoms with van der Waals surface area (Å²) < 4.78 is 0. The number of hydrogen-bond acceptors (Lipinski definition) is 3. The monoisotopic (exact) mass is 228 g/mol. The number of hydrogen-bond donors (Lipinski definition) is 1. The summed E-state index contributed by atoms with van der Waals surface area (Å²) in [6.07, 6.45) is 4.09. The maximum atomic E-state index is 11.1. The molecule has 1 aliphatic heterocycles. The molecule has 94 valence electrons. The summed E-state index contributed by atoms with van der Waals surface area (Å²) in [5, 5.41) is 9.16. The second-order valence-electron chi connectivity index (χ2n) is 4.86. The predicted octanol–water partition coefficient (Wildman–Crippen LogP) is 1.27. The minimum absolute atomic E-state index is 0.320. The third-order valence-electron chi connectivity index (χ3n) is 3.55. The maximum Gasteiger partial charge on any atom is 0.320 e. The minimum Gasteiger partial charge on any atom is -0.480 e. The van der Waals surface area contributed by atoms with Gasteiger partial charge in [0.1, 0.15) is 6.04 Å². The van der Waals surface area contributed by atoms with Crippen LogP contribution in [0.1, 0.15) is 32.6 Å². The molecule has 0 bridgehead atoms. The van der Waals surface area contributed by atoms with Crippen LogP contribution in [0.5, 0.6) is 0 Å². The van der Waals surface area contributed by atoms with Crippen molar-refractivity contribution >= 4 is 5.97 Å². The molecule has 1 saturated heterocycles. The summed E-state index contributed by atoms with van der Waals surface area (Å²) >= 11 is 0. The molecule has 16 heavy (non-hydrogen) atoms. The minimum atomic E-state index is -0.690. The van der Waals surface area contributed by atoms with Crippen LogP contribution in [-0.4, -0.2) is 60.1 Å². The van der Waals surface area contributed by atoms with E-state index in [4.69, 9.17) is 5.11 Å². The first kappa shape index (κ1) is 13.5. The molecule has 4 heteroatoms. The molecule has 0 radical (unpaired) electrons. The third-order valence-corrected chi connectivity index (χ3v) is 3.55. The molecule has 1 rings (SSSR count). The van der Waals surface area contributed by atoms with E-state index in [0.29, 0.717) is 6.04 Å². The van der Waals surface area contributed by atoms with Crippen LogP contribution >= 0.6 is 0 Å². The number of carboxylic acid groups (broad SMARTS) is 1.